The van der Waals surface area contributed by atoms with Gasteiger partial charge >= 0.3 is 0 Å². The van der Waals surface area contributed by atoms with Gasteiger partial charge in [0.2, 0.25) is 0 Å². The van der Waals surface area contributed by atoms with Gasteiger partial charge in [0.1, 0.15) is 11.5 Å². The van der Waals surface area contributed by atoms with Crippen molar-refractivity contribution in [1.82, 2.24) is 10.6 Å². The summed E-state index contributed by atoms with van der Waals surface area (Å²) in [5.74, 6) is -1.90. The van der Waals surface area contributed by atoms with E-state index in [0.717, 1.165) is 5.56 Å². The molecule has 1 saturated heterocycles. The normalized spacial score (nSPS) is 18.3. The monoisotopic (exact) mass is 416 g/mol. The van der Waals surface area contributed by atoms with Crippen molar-refractivity contribution >= 4 is 27.7 Å². The van der Waals surface area contributed by atoms with Crippen LogP contribution < -0.4 is 10.6 Å². The summed E-state index contributed by atoms with van der Waals surface area (Å²) in [7, 11) is -3.18. The molecule has 2 N–H and O–H groups in total. The molecule has 1 aliphatic heterocycles. The molecule has 3 rings (SSSR count). The van der Waals surface area contributed by atoms with E-state index in [9.17, 15) is 22.4 Å². The summed E-state index contributed by atoms with van der Waals surface area (Å²) in [6, 6.07) is 12.0. The van der Waals surface area contributed by atoms with Crippen molar-refractivity contribution in [2.75, 3.05) is 11.5 Å². The molecule has 1 atom stereocenters. The van der Waals surface area contributed by atoms with Gasteiger partial charge in [0.15, 0.2) is 9.84 Å². The van der Waals surface area contributed by atoms with Gasteiger partial charge in [0.05, 0.1) is 11.5 Å². The standard InChI is InChI=1S/C21H21FN2O4S/c1-14-6-8-15(9-7-14)20(25)24-19(12-16-4-2-3-5-18(16)22)21(26)23-17-10-11-29(27,28)13-17/h2-9,12,17H,10-11,13H2,1H3,(H,23,26)(H,24,25)/b19-12+/t17-/m0/s1. The minimum Gasteiger partial charge on any atom is -0.347 e. The van der Waals surface area contributed by atoms with Gasteiger partial charge in [-0.3, -0.25) is 9.59 Å². The van der Waals surface area contributed by atoms with E-state index in [4.69, 9.17) is 0 Å². The third-order valence-corrected chi connectivity index (χ3v) is 6.35. The average molecular weight is 416 g/mol. The zero-order valence-electron chi connectivity index (χ0n) is 15.8. The van der Waals surface area contributed by atoms with E-state index in [0.29, 0.717) is 12.0 Å². The summed E-state index contributed by atoms with van der Waals surface area (Å²) in [4.78, 5) is 25.3. The second-order valence-corrected chi connectivity index (χ2v) is 9.20. The fourth-order valence-electron chi connectivity index (χ4n) is 2.98. The first kappa shape index (κ1) is 20.7. The molecule has 1 heterocycles. The molecule has 6 nitrogen and oxygen atoms in total. The minimum absolute atomic E-state index is 0.0000330. The Morgan fingerprint density at radius 1 is 1.10 bits per heavy atom. The molecule has 0 spiro atoms. The lowest BCUT2D eigenvalue weighted by atomic mass is 10.1. The third kappa shape index (κ3) is 5.51. The van der Waals surface area contributed by atoms with Gasteiger partial charge in [-0.15, -0.1) is 0 Å². The van der Waals surface area contributed by atoms with E-state index in [1.165, 1.54) is 24.3 Å². The molecule has 152 valence electrons. The van der Waals surface area contributed by atoms with Crippen molar-refractivity contribution in [1.29, 1.82) is 0 Å². The van der Waals surface area contributed by atoms with Crippen molar-refractivity contribution in [2.24, 2.45) is 0 Å². The molecule has 29 heavy (non-hydrogen) atoms. The topological polar surface area (TPSA) is 92.3 Å². The minimum atomic E-state index is -3.18. The highest BCUT2D eigenvalue weighted by Gasteiger charge is 2.30. The van der Waals surface area contributed by atoms with Crippen LogP contribution in [-0.4, -0.2) is 37.8 Å². The lowest BCUT2D eigenvalue weighted by Crippen LogP contribution is -2.41. The van der Waals surface area contributed by atoms with Crippen LogP contribution in [0.15, 0.2) is 54.2 Å². The number of amides is 2. The SMILES string of the molecule is Cc1ccc(C(=O)N/C(=C/c2ccccc2F)C(=O)N[C@H]2CCS(=O)(=O)C2)cc1. The molecule has 2 aromatic carbocycles. The van der Waals surface area contributed by atoms with Crippen LogP contribution in [0.4, 0.5) is 4.39 Å². The predicted molar refractivity (Wildman–Crippen MR) is 108 cm³/mol. The second-order valence-electron chi connectivity index (χ2n) is 6.97. The molecule has 2 aromatic rings. The Hall–Kier alpha value is -3.00. The van der Waals surface area contributed by atoms with Gasteiger partial charge < -0.3 is 10.6 Å². The zero-order valence-corrected chi connectivity index (χ0v) is 16.6. The van der Waals surface area contributed by atoms with E-state index in [1.807, 2.05) is 6.92 Å². The first-order chi connectivity index (χ1) is 13.7. The largest absolute Gasteiger partial charge is 0.347 e. The van der Waals surface area contributed by atoms with E-state index < -0.39 is 33.5 Å². The number of hydrogen-bond acceptors (Lipinski definition) is 4. The number of halogens is 1. The highest BCUT2D eigenvalue weighted by molar-refractivity contribution is 7.91. The fraction of sp³-hybridized carbons (Fsp3) is 0.238. The van der Waals surface area contributed by atoms with Gasteiger partial charge in [-0.1, -0.05) is 35.9 Å². The Kier molecular flexibility index (Phi) is 6.12. The molecule has 8 heteroatoms. The van der Waals surface area contributed by atoms with Crippen molar-refractivity contribution in [2.45, 2.75) is 19.4 Å². The van der Waals surface area contributed by atoms with Gasteiger partial charge in [-0.2, -0.15) is 0 Å². The van der Waals surface area contributed by atoms with Gasteiger partial charge in [-0.05, 0) is 37.6 Å². The van der Waals surface area contributed by atoms with Crippen molar-refractivity contribution < 1.29 is 22.4 Å². The smallest absolute Gasteiger partial charge is 0.268 e. The molecule has 0 aliphatic carbocycles. The Bertz CT molecular complexity index is 1060. The molecule has 1 aliphatic rings. The number of rotatable bonds is 5. The van der Waals surface area contributed by atoms with Gasteiger partial charge in [-0.25, -0.2) is 12.8 Å². The summed E-state index contributed by atoms with van der Waals surface area (Å²) in [6.45, 7) is 1.88. The number of hydrogen-bond donors (Lipinski definition) is 2. The average Bonchev–Trinajstić information content (AvgIpc) is 3.01. The first-order valence-corrected chi connectivity index (χ1v) is 10.9. The number of carbonyl (C=O) groups is 2. The maximum atomic E-state index is 14.1. The van der Waals surface area contributed by atoms with Crippen LogP contribution in [0, 0.1) is 12.7 Å². The third-order valence-electron chi connectivity index (χ3n) is 4.58. The van der Waals surface area contributed by atoms with Crippen LogP contribution in [0.3, 0.4) is 0 Å². The highest BCUT2D eigenvalue weighted by atomic mass is 32.2. The Morgan fingerprint density at radius 3 is 2.41 bits per heavy atom. The molecule has 0 aromatic heterocycles. The van der Waals surface area contributed by atoms with Crippen LogP contribution in [0.25, 0.3) is 6.08 Å². The Morgan fingerprint density at radius 2 is 1.79 bits per heavy atom. The highest BCUT2D eigenvalue weighted by Crippen LogP contribution is 2.14. The zero-order chi connectivity index (χ0) is 21.0. The molecule has 0 radical (unpaired) electrons. The summed E-state index contributed by atoms with van der Waals surface area (Å²) in [6.07, 6.45) is 1.53. The van der Waals surface area contributed by atoms with Crippen molar-refractivity contribution in [3.63, 3.8) is 0 Å². The van der Waals surface area contributed by atoms with Crippen LogP contribution in [0.2, 0.25) is 0 Å². The first-order valence-electron chi connectivity index (χ1n) is 9.09. The van der Waals surface area contributed by atoms with Gasteiger partial charge in [0, 0.05) is 17.2 Å². The van der Waals surface area contributed by atoms with E-state index in [-0.39, 0.29) is 22.8 Å². The molecular formula is C21H21FN2O4S. The summed E-state index contributed by atoms with van der Waals surface area (Å²) in [5.41, 5.74) is 1.28. The number of sulfone groups is 1. The molecule has 2 amide bonds. The Labute approximate surface area is 168 Å². The maximum Gasteiger partial charge on any atom is 0.268 e. The number of aryl methyl sites for hydroxylation is 1. The van der Waals surface area contributed by atoms with Crippen molar-refractivity contribution in [3.8, 4) is 0 Å². The number of carbonyl (C=O) groups excluding carboxylic acids is 2. The fourth-order valence-corrected chi connectivity index (χ4v) is 4.65. The van der Waals surface area contributed by atoms with Crippen molar-refractivity contribution in [3.05, 3.63) is 76.7 Å². The molecule has 0 saturated carbocycles. The van der Waals surface area contributed by atoms with Crippen LogP contribution >= 0.6 is 0 Å². The van der Waals surface area contributed by atoms with E-state index >= 15 is 0 Å². The Balaban J connectivity index is 1.85. The molecular weight excluding hydrogens is 395 g/mol. The second kappa shape index (κ2) is 8.57. The van der Waals surface area contributed by atoms with E-state index in [2.05, 4.69) is 10.6 Å². The number of benzene rings is 2. The molecule has 0 unspecified atom stereocenters. The van der Waals surface area contributed by atoms with Crippen LogP contribution in [0.1, 0.15) is 27.9 Å². The van der Waals surface area contributed by atoms with E-state index in [1.54, 1.807) is 30.3 Å². The summed E-state index contributed by atoms with van der Waals surface area (Å²) >= 11 is 0. The lowest BCUT2D eigenvalue weighted by Gasteiger charge is -2.15. The summed E-state index contributed by atoms with van der Waals surface area (Å²) < 4.78 is 37.3. The van der Waals surface area contributed by atoms with Crippen LogP contribution in [-0.2, 0) is 14.6 Å². The molecule has 1 fully saturated rings. The lowest BCUT2D eigenvalue weighted by molar-refractivity contribution is -0.118. The maximum absolute atomic E-state index is 14.1. The summed E-state index contributed by atoms with van der Waals surface area (Å²) in [5, 5.41) is 5.13. The predicted octanol–water partition coefficient (Wildman–Crippen LogP) is 2.21. The van der Waals surface area contributed by atoms with Gasteiger partial charge in [0.25, 0.3) is 11.8 Å². The molecule has 0 bridgehead atoms. The van der Waals surface area contributed by atoms with Crippen LogP contribution in [0.5, 0.6) is 0 Å². The number of nitrogens with one attached hydrogen (secondary N) is 2. The quantitative estimate of drug-likeness (QED) is 0.731.